The molecule has 0 spiro atoms. The van der Waals surface area contributed by atoms with Crippen LogP contribution in [0.25, 0.3) is 11.5 Å². The molecular formula is C11H13N3O3S. The first-order valence-electron chi connectivity index (χ1n) is 5.42. The van der Waals surface area contributed by atoms with Crippen molar-refractivity contribution in [2.75, 3.05) is 5.75 Å². The molecule has 0 unspecified atom stereocenters. The first-order valence-corrected chi connectivity index (χ1v) is 7.07. The van der Waals surface area contributed by atoms with Crippen molar-refractivity contribution < 1.29 is 12.8 Å². The number of rotatable bonds is 4. The first kappa shape index (κ1) is 12.7. The maximum atomic E-state index is 11.6. The normalized spacial score (nSPS) is 11.7. The van der Waals surface area contributed by atoms with Crippen molar-refractivity contribution in [1.29, 1.82) is 0 Å². The Balaban J connectivity index is 2.33. The highest BCUT2D eigenvalue weighted by Crippen LogP contribution is 2.20. The minimum absolute atomic E-state index is 0.0736. The molecule has 0 radical (unpaired) electrons. The molecule has 1 aromatic carbocycles. The van der Waals surface area contributed by atoms with Crippen LogP contribution in [0.4, 0.5) is 0 Å². The van der Waals surface area contributed by atoms with Crippen molar-refractivity contribution in [3.63, 3.8) is 0 Å². The highest BCUT2D eigenvalue weighted by molar-refractivity contribution is 7.91. The van der Waals surface area contributed by atoms with Crippen LogP contribution in [0.3, 0.4) is 0 Å². The zero-order valence-electron chi connectivity index (χ0n) is 9.83. The molecule has 0 atom stereocenters. The topological polar surface area (TPSA) is 99.1 Å². The standard InChI is InChI=1S/C11H13N3O3S/c1-2-18(15,16)9-5-3-8(4-6-9)11-14-13-10(7-12)17-11/h3-6H,2,7,12H2,1H3. The van der Waals surface area contributed by atoms with Gasteiger partial charge in [-0.25, -0.2) is 8.42 Å². The van der Waals surface area contributed by atoms with Crippen molar-refractivity contribution in [1.82, 2.24) is 10.2 Å². The fourth-order valence-corrected chi connectivity index (χ4v) is 2.31. The monoisotopic (exact) mass is 267 g/mol. The molecule has 1 heterocycles. The number of hydrogen-bond donors (Lipinski definition) is 1. The van der Waals surface area contributed by atoms with Crippen LogP contribution in [0, 0.1) is 0 Å². The smallest absolute Gasteiger partial charge is 0.247 e. The molecule has 2 rings (SSSR count). The number of sulfone groups is 1. The van der Waals surface area contributed by atoms with Crippen LogP contribution < -0.4 is 5.73 Å². The van der Waals surface area contributed by atoms with Gasteiger partial charge in [0.15, 0.2) is 9.84 Å². The summed E-state index contributed by atoms with van der Waals surface area (Å²) < 4.78 is 28.5. The van der Waals surface area contributed by atoms with Crippen LogP contribution in [0.15, 0.2) is 33.6 Å². The molecule has 1 aromatic heterocycles. The lowest BCUT2D eigenvalue weighted by atomic mass is 10.2. The van der Waals surface area contributed by atoms with Gasteiger partial charge in [0.05, 0.1) is 17.2 Å². The van der Waals surface area contributed by atoms with Crippen LogP contribution in [0.5, 0.6) is 0 Å². The molecule has 2 N–H and O–H groups in total. The van der Waals surface area contributed by atoms with E-state index in [2.05, 4.69) is 10.2 Å². The van der Waals surface area contributed by atoms with Gasteiger partial charge in [-0.05, 0) is 24.3 Å². The fraction of sp³-hybridized carbons (Fsp3) is 0.273. The van der Waals surface area contributed by atoms with E-state index in [-0.39, 0.29) is 17.2 Å². The second-order valence-corrected chi connectivity index (χ2v) is 5.91. The second kappa shape index (κ2) is 4.87. The number of nitrogens with zero attached hydrogens (tertiary/aromatic N) is 2. The molecule has 0 amide bonds. The lowest BCUT2D eigenvalue weighted by molar-refractivity contribution is 0.508. The molecule has 0 aliphatic carbocycles. The summed E-state index contributed by atoms with van der Waals surface area (Å²) in [5, 5.41) is 7.56. The minimum Gasteiger partial charge on any atom is -0.419 e. The van der Waals surface area contributed by atoms with Gasteiger partial charge in [-0.1, -0.05) is 6.92 Å². The zero-order chi connectivity index (χ0) is 13.2. The molecule has 0 saturated carbocycles. The van der Waals surface area contributed by atoms with E-state index in [1.807, 2.05) is 0 Å². The van der Waals surface area contributed by atoms with Gasteiger partial charge < -0.3 is 10.2 Å². The predicted molar refractivity (Wildman–Crippen MR) is 65.4 cm³/mol. The average Bonchev–Trinajstić information content (AvgIpc) is 2.87. The van der Waals surface area contributed by atoms with Crippen LogP contribution in [-0.4, -0.2) is 24.4 Å². The summed E-state index contributed by atoms with van der Waals surface area (Å²) in [4.78, 5) is 0.285. The van der Waals surface area contributed by atoms with Crippen molar-refractivity contribution in [3.05, 3.63) is 30.2 Å². The SMILES string of the molecule is CCS(=O)(=O)c1ccc(-c2nnc(CN)o2)cc1. The summed E-state index contributed by atoms with van der Waals surface area (Å²) in [5.74, 6) is 0.746. The van der Waals surface area contributed by atoms with Crippen LogP contribution in [0.1, 0.15) is 12.8 Å². The van der Waals surface area contributed by atoms with Gasteiger partial charge >= 0.3 is 0 Å². The molecule has 0 fully saturated rings. The van der Waals surface area contributed by atoms with Crippen molar-refractivity contribution in [2.24, 2.45) is 5.73 Å². The predicted octanol–water partition coefficient (Wildman–Crippen LogP) is 0.989. The number of hydrogen-bond acceptors (Lipinski definition) is 6. The summed E-state index contributed by atoms with van der Waals surface area (Å²) in [6.45, 7) is 1.78. The number of nitrogens with two attached hydrogens (primary N) is 1. The quantitative estimate of drug-likeness (QED) is 0.886. The third-order valence-electron chi connectivity index (χ3n) is 2.48. The van der Waals surface area contributed by atoms with Gasteiger partial charge in [-0.2, -0.15) is 0 Å². The summed E-state index contributed by atoms with van der Waals surface area (Å²) >= 11 is 0. The minimum atomic E-state index is -3.18. The Bertz CT molecular complexity index is 632. The Morgan fingerprint density at radius 1 is 1.22 bits per heavy atom. The lowest BCUT2D eigenvalue weighted by Gasteiger charge is -2.01. The fourth-order valence-electron chi connectivity index (χ4n) is 1.42. The van der Waals surface area contributed by atoms with Gasteiger partial charge in [0.25, 0.3) is 0 Å². The maximum absolute atomic E-state index is 11.6. The Labute approximate surface area is 105 Å². The zero-order valence-corrected chi connectivity index (χ0v) is 10.6. The first-order chi connectivity index (χ1) is 8.56. The summed E-state index contributed by atoms with van der Waals surface area (Å²) in [6, 6.07) is 6.33. The highest BCUT2D eigenvalue weighted by Gasteiger charge is 2.13. The Morgan fingerprint density at radius 2 is 1.89 bits per heavy atom. The van der Waals surface area contributed by atoms with Crippen molar-refractivity contribution >= 4 is 9.84 Å². The van der Waals surface area contributed by atoms with Gasteiger partial charge in [-0.3, -0.25) is 0 Å². The van der Waals surface area contributed by atoms with Crippen molar-refractivity contribution in [3.8, 4) is 11.5 Å². The largest absolute Gasteiger partial charge is 0.419 e. The van der Waals surface area contributed by atoms with E-state index >= 15 is 0 Å². The molecule has 96 valence electrons. The molecule has 0 bridgehead atoms. The van der Waals surface area contributed by atoms with Gasteiger partial charge in [0.1, 0.15) is 0 Å². The molecule has 6 nitrogen and oxygen atoms in total. The van der Waals surface area contributed by atoms with Gasteiger partial charge in [0, 0.05) is 5.56 Å². The summed E-state index contributed by atoms with van der Waals surface area (Å²) in [6.07, 6.45) is 0. The molecular weight excluding hydrogens is 254 g/mol. The van der Waals surface area contributed by atoms with E-state index in [1.165, 1.54) is 12.1 Å². The lowest BCUT2D eigenvalue weighted by Crippen LogP contribution is -2.03. The third kappa shape index (κ3) is 2.41. The molecule has 0 saturated heterocycles. The van der Waals surface area contributed by atoms with Gasteiger partial charge in [-0.15, -0.1) is 10.2 Å². The number of aromatic nitrogens is 2. The second-order valence-electron chi connectivity index (χ2n) is 3.63. The van der Waals surface area contributed by atoms with E-state index in [9.17, 15) is 8.42 Å². The molecule has 0 aliphatic heterocycles. The third-order valence-corrected chi connectivity index (χ3v) is 4.23. The van der Waals surface area contributed by atoms with Crippen LogP contribution in [-0.2, 0) is 16.4 Å². The molecule has 2 aromatic rings. The molecule has 18 heavy (non-hydrogen) atoms. The van der Waals surface area contributed by atoms with E-state index in [1.54, 1.807) is 19.1 Å². The van der Waals surface area contributed by atoms with E-state index in [4.69, 9.17) is 10.2 Å². The maximum Gasteiger partial charge on any atom is 0.247 e. The number of benzene rings is 1. The molecule has 7 heteroatoms. The summed E-state index contributed by atoms with van der Waals surface area (Å²) in [5.41, 5.74) is 6.03. The highest BCUT2D eigenvalue weighted by atomic mass is 32.2. The van der Waals surface area contributed by atoms with Gasteiger partial charge in [0.2, 0.25) is 11.8 Å². The van der Waals surface area contributed by atoms with E-state index in [0.717, 1.165) is 0 Å². The Morgan fingerprint density at radius 3 is 2.39 bits per heavy atom. The molecule has 0 aliphatic rings. The van der Waals surface area contributed by atoms with Crippen LogP contribution in [0.2, 0.25) is 0 Å². The van der Waals surface area contributed by atoms with Crippen molar-refractivity contribution in [2.45, 2.75) is 18.4 Å². The van der Waals surface area contributed by atoms with Crippen LogP contribution >= 0.6 is 0 Å². The Kier molecular flexibility index (Phi) is 3.44. The Hall–Kier alpha value is -1.73. The average molecular weight is 267 g/mol. The van der Waals surface area contributed by atoms with E-state index < -0.39 is 9.84 Å². The van der Waals surface area contributed by atoms with E-state index in [0.29, 0.717) is 17.3 Å². The summed E-state index contributed by atoms with van der Waals surface area (Å²) in [7, 11) is -3.18.